The van der Waals surface area contributed by atoms with Crippen molar-refractivity contribution < 1.29 is 13.5 Å². The summed E-state index contributed by atoms with van der Waals surface area (Å²) in [5.41, 5.74) is 1.56. The lowest BCUT2D eigenvalue weighted by molar-refractivity contribution is 0.389. The van der Waals surface area contributed by atoms with Crippen LogP contribution >= 0.6 is 0 Å². The first kappa shape index (κ1) is 15.3. The molecule has 1 aliphatic carbocycles. The van der Waals surface area contributed by atoms with E-state index in [1.165, 1.54) is 0 Å². The molecule has 1 aromatic rings. The molecular weight excluding hydrogens is 276 g/mol. The Hall–Kier alpha value is -1.11. The highest BCUT2D eigenvalue weighted by molar-refractivity contribution is 7.88. The van der Waals surface area contributed by atoms with Gasteiger partial charge in [-0.05, 0) is 43.9 Å². The Morgan fingerprint density at radius 2 is 2.10 bits per heavy atom. The molecule has 5 nitrogen and oxygen atoms in total. The normalized spacial score (nSPS) is 19.1. The number of rotatable bonds is 5. The molecular formula is C14H22N2O3S. The third-order valence-electron chi connectivity index (χ3n) is 3.50. The second-order valence-corrected chi connectivity index (χ2v) is 7.82. The summed E-state index contributed by atoms with van der Waals surface area (Å²) >= 11 is 0. The molecule has 1 aliphatic rings. The Bertz CT molecular complexity index is 596. The molecule has 0 aliphatic heterocycles. The molecule has 0 fully saturated rings. The quantitative estimate of drug-likeness (QED) is 0.765. The molecule has 3 N–H and O–H groups in total. The van der Waals surface area contributed by atoms with E-state index in [9.17, 15) is 13.5 Å². The minimum atomic E-state index is -3.22. The molecule has 2 rings (SSSR count). The van der Waals surface area contributed by atoms with E-state index in [-0.39, 0.29) is 6.04 Å². The first-order valence-corrected chi connectivity index (χ1v) is 8.60. The monoisotopic (exact) mass is 298 g/mol. The van der Waals surface area contributed by atoms with Crippen molar-refractivity contribution in [3.05, 3.63) is 29.3 Å². The summed E-state index contributed by atoms with van der Waals surface area (Å²) in [4.78, 5) is 0. The fourth-order valence-electron chi connectivity index (χ4n) is 2.76. The summed E-state index contributed by atoms with van der Waals surface area (Å²) in [5, 5.41) is 13.2. The van der Waals surface area contributed by atoms with Gasteiger partial charge in [0.05, 0.1) is 6.26 Å². The fourth-order valence-corrected chi connectivity index (χ4v) is 3.84. The van der Waals surface area contributed by atoms with Crippen molar-refractivity contribution >= 4 is 10.0 Å². The van der Waals surface area contributed by atoms with Gasteiger partial charge in [-0.1, -0.05) is 12.1 Å². The Morgan fingerprint density at radius 3 is 2.75 bits per heavy atom. The minimum absolute atomic E-state index is 0.165. The van der Waals surface area contributed by atoms with E-state index in [1.54, 1.807) is 6.07 Å². The van der Waals surface area contributed by atoms with Gasteiger partial charge in [-0.2, -0.15) is 0 Å². The lowest BCUT2D eigenvalue weighted by atomic mass is 10.0. The predicted molar refractivity (Wildman–Crippen MR) is 79.2 cm³/mol. The SMILES string of the molecule is CC(C)(CNC1CCc2c(O)cccc21)NS(C)(=O)=O. The highest BCUT2D eigenvalue weighted by Gasteiger charge is 2.28. The first-order valence-electron chi connectivity index (χ1n) is 6.71. The van der Waals surface area contributed by atoms with Crippen molar-refractivity contribution in [1.82, 2.24) is 10.0 Å². The zero-order valence-corrected chi connectivity index (χ0v) is 12.9. The van der Waals surface area contributed by atoms with Crippen molar-refractivity contribution in [1.29, 1.82) is 0 Å². The van der Waals surface area contributed by atoms with Gasteiger partial charge in [0.25, 0.3) is 0 Å². The molecule has 0 aromatic heterocycles. The third kappa shape index (κ3) is 3.71. The van der Waals surface area contributed by atoms with Gasteiger partial charge < -0.3 is 10.4 Å². The van der Waals surface area contributed by atoms with Gasteiger partial charge in [0, 0.05) is 18.1 Å². The zero-order valence-electron chi connectivity index (χ0n) is 12.1. The molecule has 0 saturated heterocycles. The van der Waals surface area contributed by atoms with E-state index >= 15 is 0 Å². The first-order chi connectivity index (χ1) is 9.18. The number of aromatic hydroxyl groups is 1. The van der Waals surface area contributed by atoms with Gasteiger partial charge in [0.15, 0.2) is 0 Å². The lowest BCUT2D eigenvalue weighted by Gasteiger charge is -2.27. The fraction of sp³-hybridized carbons (Fsp3) is 0.571. The Labute approximate surface area is 120 Å². The number of sulfonamides is 1. The van der Waals surface area contributed by atoms with Crippen molar-refractivity contribution in [3.63, 3.8) is 0 Å². The Morgan fingerprint density at radius 1 is 1.40 bits per heavy atom. The smallest absolute Gasteiger partial charge is 0.209 e. The summed E-state index contributed by atoms with van der Waals surface area (Å²) in [7, 11) is -3.22. The summed E-state index contributed by atoms with van der Waals surface area (Å²) in [6, 6.07) is 5.72. The number of phenols is 1. The average Bonchev–Trinajstić information content (AvgIpc) is 2.68. The highest BCUT2D eigenvalue weighted by Crippen LogP contribution is 2.36. The van der Waals surface area contributed by atoms with Crippen LogP contribution in [0.1, 0.15) is 37.4 Å². The number of hydrogen-bond acceptors (Lipinski definition) is 4. The molecule has 0 spiro atoms. The summed E-state index contributed by atoms with van der Waals surface area (Å²) < 4.78 is 25.2. The lowest BCUT2D eigenvalue weighted by Crippen LogP contribution is -2.50. The van der Waals surface area contributed by atoms with Crippen molar-refractivity contribution in [2.45, 2.75) is 38.3 Å². The Balaban J connectivity index is 2.02. The van der Waals surface area contributed by atoms with E-state index in [1.807, 2.05) is 26.0 Å². The van der Waals surface area contributed by atoms with Gasteiger partial charge >= 0.3 is 0 Å². The second kappa shape index (κ2) is 5.35. The van der Waals surface area contributed by atoms with E-state index in [4.69, 9.17) is 0 Å². The molecule has 0 amide bonds. The second-order valence-electron chi connectivity index (χ2n) is 6.08. The molecule has 1 unspecified atom stereocenters. The maximum absolute atomic E-state index is 11.3. The van der Waals surface area contributed by atoms with Crippen molar-refractivity contribution in [3.8, 4) is 5.75 Å². The van der Waals surface area contributed by atoms with Crippen LogP contribution in [0, 0.1) is 0 Å². The largest absolute Gasteiger partial charge is 0.508 e. The van der Waals surface area contributed by atoms with Gasteiger partial charge in [-0.15, -0.1) is 0 Å². The molecule has 20 heavy (non-hydrogen) atoms. The maximum atomic E-state index is 11.3. The molecule has 1 atom stereocenters. The van der Waals surface area contributed by atoms with Crippen LogP contribution in [0.15, 0.2) is 18.2 Å². The number of phenolic OH excluding ortho intramolecular Hbond substituents is 1. The molecule has 6 heteroatoms. The molecule has 1 aromatic carbocycles. The van der Waals surface area contributed by atoms with Crippen molar-refractivity contribution in [2.75, 3.05) is 12.8 Å². The summed E-state index contributed by atoms with van der Waals surface area (Å²) in [5.74, 6) is 0.348. The average molecular weight is 298 g/mol. The van der Waals surface area contributed by atoms with Gasteiger partial charge in [-0.3, -0.25) is 0 Å². The van der Waals surface area contributed by atoms with E-state index in [2.05, 4.69) is 10.0 Å². The van der Waals surface area contributed by atoms with Gasteiger partial charge in [0.1, 0.15) is 5.75 Å². The van der Waals surface area contributed by atoms with E-state index in [0.717, 1.165) is 30.2 Å². The maximum Gasteiger partial charge on any atom is 0.209 e. The van der Waals surface area contributed by atoms with Crippen molar-refractivity contribution in [2.24, 2.45) is 0 Å². The van der Waals surface area contributed by atoms with Crippen LogP contribution in [0.3, 0.4) is 0 Å². The predicted octanol–water partition coefficient (Wildman–Crippen LogP) is 1.30. The third-order valence-corrected chi connectivity index (χ3v) is 4.42. The van der Waals surface area contributed by atoms with Crippen LogP contribution in [-0.2, 0) is 16.4 Å². The molecule has 112 valence electrons. The van der Waals surface area contributed by atoms with Crippen LogP contribution in [0.5, 0.6) is 5.75 Å². The molecule has 0 saturated carbocycles. The standard InChI is InChI=1S/C14H22N2O3S/c1-14(2,16-20(3,18)19)9-15-12-8-7-11-10(12)5-4-6-13(11)17/h4-6,12,15-17H,7-9H2,1-3H3. The summed E-state index contributed by atoms with van der Waals surface area (Å²) in [6.45, 7) is 4.22. The Kier molecular flexibility index (Phi) is 4.09. The van der Waals surface area contributed by atoms with E-state index < -0.39 is 15.6 Å². The van der Waals surface area contributed by atoms with E-state index in [0.29, 0.717) is 12.3 Å². The number of fused-ring (bicyclic) bond motifs is 1. The molecule has 0 bridgehead atoms. The zero-order chi connectivity index (χ0) is 15.0. The number of benzene rings is 1. The number of hydrogen-bond donors (Lipinski definition) is 3. The van der Waals surface area contributed by atoms with Crippen LogP contribution in [0.4, 0.5) is 0 Å². The van der Waals surface area contributed by atoms with Gasteiger partial charge in [0.2, 0.25) is 10.0 Å². The molecule has 0 radical (unpaired) electrons. The van der Waals surface area contributed by atoms with Crippen LogP contribution in [-0.4, -0.2) is 31.9 Å². The van der Waals surface area contributed by atoms with Crippen LogP contribution in [0.2, 0.25) is 0 Å². The van der Waals surface area contributed by atoms with Crippen LogP contribution < -0.4 is 10.0 Å². The van der Waals surface area contributed by atoms with Crippen LogP contribution in [0.25, 0.3) is 0 Å². The topological polar surface area (TPSA) is 78.4 Å². The van der Waals surface area contributed by atoms with Gasteiger partial charge in [-0.25, -0.2) is 13.1 Å². The number of nitrogens with one attached hydrogen (secondary N) is 2. The summed E-state index contributed by atoms with van der Waals surface area (Å²) in [6.07, 6.45) is 2.93. The highest BCUT2D eigenvalue weighted by atomic mass is 32.2. The molecule has 0 heterocycles. The minimum Gasteiger partial charge on any atom is -0.508 e.